The number of halogens is 1. The van der Waals surface area contributed by atoms with Gasteiger partial charge in [-0.2, -0.15) is 0 Å². The van der Waals surface area contributed by atoms with E-state index in [-0.39, 0.29) is 11.2 Å². The monoisotopic (exact) mass is 265 g/mol. The summed E-state index contributed by atoms with van der Waals surface area (Å²) in [5, 5.41) is 10.8. The van der Waals surface area contributed by atoms with E-state index in [4.69, 9.17) is 5.73 Å². The number of hydrogen-bond donors (Lipinski definition) is 2. The highest BCUT2D eigenvalue weighted by atomic mass is 19.1. The molecule has 1 aromatic rings. The fraction of sp³-hybridized carbons (Fsp3) is 0.625. The SMILES string of the molecule is Cc1cc(F)ccc1C(O)C1(CN)CCCCCC1. The zero-order chi connectivity index (χ0) is 13.9. The Morgan fingerprint density at radius 1 is 1.26 bits per heavy atom. The molecule has 0 saturated heterocycles. The molecule has 1 aliphatic rings. The lowest BCUT2D eigenvalue weighted by Gasteiger charge is -2.37. The second-order valence-electron chi connectivity index (χ2n) is 5.88. The first-order valence-corrected chi connectivity index (χ1v) is 7.23. The largest absolute Gasteiger partial charge is 0.388 e. The second kappa shape index (κ2) is 6.02. The average Bonchev–Trinajstić information content (AvgIpc) is 2.64. The third-order valence-corrected chi connectivity index (χ3v) is 4.61. The van der Waals surface area contributed by atoms with E-state index >= 15 is 0 Å². The van der Waals surface area contributed by atoms with Crippen molar-refractivity contribution < 1.29 is 9.50 Å². The molecule has 106 valence electrons. The second-order valence-corrected chi connectivity index (χ2v) is 5.88. The minimum atomic E-state index is -0.587. The molecule has 19 heavy (non-hydrogen) atoms. The van der Waals surface area contributed by atoms with Crippen molar-refractivity contribution >= 4 is 0 Å². The molecule has 2 nitrogen and oxygen atoms in total. The van der Waals surface area contributed by atoms with Gasteiger partial charge in [0.2, 0.25) is 0 Å². The summed E-state index contributed by atoms with van der Waals surface area (Å²) in [4.78, 5) is 0. The summed E-state index contributed by atoms with van der Waals surface area (Å²) < 4.78 is 13.2. The number of aliphatic hydroxyl groups excluding tert-OH is 1. The first kappa shape index (κ1) is 14.5. The summed E-state index contributed by atoms with van der Waals surface area (Å²) in [7, 11) is 0. The zero-order valence-electron chi connectivity index (χ0n) is 11.7. The molecule has 1 saturated carbocycles. The highest BCUT2D eigenvalue weighted by Gasteiger charge is 2.38. The molecule has 0 aromatic heterocycles. The smallest absolute Gasteiger partial charge is 0.123 e. The summed E-state index contributed by atoms with van der Waals surface area (Å²) in [5.74, 6) is -0.254. The third-order valence-electron chi connectivity index (χ3n) is 4.61. The van der Waals surface area contributed by atoms with Crippen LogP contribution in [-0.2, 0) is 0 Å². The topological polar surface area (TPSA) is 46.2 Å². The standard InChI is InChI=1S/C16H24FNO/c1-12-10-13(17)6-7-14(12)15(19)16(11-18)8-4-2-3-5-9-16/h6-7,10,15,19H,2-5,8-9,11,18H2,1H3. The van der Waals surface area contributed by atoms with Crippen LogP contribution < -0.4 is 5.73 Å². The van der Waals surface area contributed by atoms with Gasteiger partial charge in [-0.05, 0) is 43.0 Å². The number of benzene rings is 1. The van der Waals surface area contributed by atoms with Gasteiger partial charge < -0.3 is 10.8 Å². The van der Waals surface area contributed by atoms with Gasteiger partial charge in [-0.15, -0.1) is 0 Å². The van der Waals surface area contributed by atoms with Gasteiger partial charge in [0.05, 0.1) is 6.10 Å². The van der Waals surface area contributed by atoms with Crippen LogP contribution >= 0.6 is 0 Å². The molecule has 0 spiro atoms. The van der Waals surface area contributed by atoms with Crippen molar-refractivity contribution in [2.24, 2.45) is 11.1 Å². The quantitative estimate of drug-likeness (QED) is 0.822. The van der Waals surface area contributed by atoms with Gasteiger partial charge in [-0.1, -0.05) is 31.7 Å². The lowest BCUT2D eigenvalue weighted by molar-refractivity contribution is 0.0162. The molecule has 1 unspecified atom stereocenters. The predicted molar refractivity (Wildman–Crippen MR) is 75.3 cm³/mol. The Kier molecular flexibility index (Phi) is 4.58. The van der Waals surface area contributed by atoms with Crippen LogP contribution in [0.3, 0.4) is 0 Å². The Bertz CT molecular complexity index is 425. The minimum absolute atomic E-state index is 0.237. The van der Waals surface area contributed by atoms with E-state index in [1.54, 1.807) is 6.07 Å². The van der Waals surface area contributed by atoms with Gasteiger partial charge >= 0.3 is 0 Å². The van der Waals surface area contributed by atoms with Crippen molar-refractivity contribution in [2.45, 2.75) is 51.6 Å². The highest BCUT2D eigenvalue weighted by molar-refractivity contribution is 5.30. The van der Waals surface area contributed by atoms with Gasteiger partial charge in [0, 0.05) is 12.0 Å². The van der Waals surface area contributed by atoms with Crippen LogP contribution in [-0.4, -0.2) is 11.7 Å². The Morgan fingerprint density at radius 3 is 2.42 bits per heavy atom. The maximum absolute atomic E-state index is 13.2. The molecule has 0 bridgehead atoms. The first-order chi connectivity index (χ1) is 9.09. The van der Waals surface area contributed by atoms with Gasteiger partial charge in [0.1, 0.15) is 5.82 Å². The first-order valence-electron chi connectivity index (χ1n) is 7.23. The summed E-state index contributed by atoms with van der Waals surface area (Å²) in [6.45, 7) is 2.34. The van der Waals surface area contributed by atoms with Crippen molar-refractivity contribution in [1.82, 2.24) is 0 Å². The normalized spacial score (nSPS) is 20.8. The molecule has 1 aliphatic carbocycles. The lowest BCUT2D eigenvalue weighted by atomic mass is 9.72. The van der Waals surface area contributed by atoms with Gasteiger partial charge in [-0.3, -0.25) is 0 Å². The molecule has 0 amide bonds. The summed E-state index contributed by atoms with van der Waals surface area (Å²) in [6.07, 6.45) is 6.01. The summed E-state index contributed by atoms with van der Waals surface area (Å²) in [6, 6.07) is 4.61. The van der Waals surface area contributed by atoms with Crippen LogP contribution in [0.1, 0.15) is 55.8 Å². The zero-order valence-corrected chi connectivity index (χ0v) is 11.7. The van der Waals surface area contributed by atoms with Crippen molar-refractivity contribution in [3.05, 3.63) is 35.1 Å². The van der Waals surface area contributed by atoms with Crippen LogP contribution in [0.25, 0.3) is 0 Å². The predicted octanol–water partition coefficient (Wildman–Crippen LogP) is 3.47. The fourth-order valence-electron chi connectivity index (χ4n) is 3.30. The van der Waals surface area contributed by atoms with Crippen LogP contribution in [0.2, 0.25) is 0 Å². The van der Waals surface area contributed by atoms with Crippen molar-refractivity contribution in [3.63, 3.8) is 0 Å². The molecule has 2 rings (SSSR count). The molecule has 0 aliphatic heterocycles. The maximum Gasteiger partial charge on any atom is 0.123 e. The number of rotatable bonds is 3. The molecule has 3 N–H and O–H groups in total. The molecule has 0 radical (unpaired) electrons. The Labute approximate surface area is 114 Å². The lowest BCUT2D eigenvalue weighted by Crippen LogP contribution is -2.36. The van der Waals surface area contributed by atoms with Crippen LogP contribution in [0.5, 0.6) is 0 Å². The highest BCUT2D eigenvalue weighted by Crippen LogP contribution is 2.45. The molecular weight excluding hydrogens is 241 g/mol. The number of aryl methyl sites for hydroxylation is 1. The Balaban J connectivity index is 2.31. The minimum Gasteiger partial charge on any atom is -0.388 e. The molecule has 1 fully saturated rings. The van der Waals surface area contributed by atoms with E-state index in [2.05, 4.69) is 0 Å². The Hall–Kier alpha value is -0.930. The van der Waals surface area contributed by atoms with Gasteiger partial charge in [-0.25, -0.2) is 4.39 Å². The van der Waals surface area contributed by atoms with E-state index in [1.807, 2.05) is 6.92 Å². The Morgan fingerprint density at radius 2 is 1.89 bits per heavy atom. The van der Waals surface area contributed by atoms with Crippen molar-refractivity contribution in [1.29, 1.82) is 0 Å². The molecule has 1 atom stereocenters. The van der Waals surface area contributed by atoms with Gasteiger partial charge in [0.25, 0.3) is 0 Å². The van der Waals surface area contributed by atoms with E-state index in [0.717, 1.165) is 36.8 Å². The molecule has 0 heterocycles. The van der Waals surface area contributed by atoms with E-state index in [1.165, 1.54) is 25.0 Å². The number of nitrogens with two attached hydrogens (primary N) is 1. The number of aliphatic hydroxyl groups is 1. The summed E-state index contributed by atoms with van der Waals surface area (Å²) in [5.41, 5.74) is 7.39. The van der Waals surface area contributed by atoms with E-state index in [9.17, 15) is 9.50 Å². The third kappa shape index (κ3) is 2.98. The summed E-state index contributed by atoms with van der Waals surface area (Å²) >= 11 is 0. The van der Waals surface area contributed by atoms with E-state index in [0.29, 0.717) is 6.54 Å². The van der Waals surface area contributed by atoms with Crippen LogP contribution in [0, 0.1) is 18.2 Å². The van der Waals surface area contributed by atoms with Crippen molar-refractivity contribution in [3.8, 4) is 0 Å². The molecule has 3 heteroatoms. The van der Waals surface area contributed by atoms with Crippen LogP contribution in [0.15, 0.2) is 18.2 Å². The van der Waals surface area contributed by atoms with Crippen LogP contribution in [0.4, 0.5) is 4.39 Å². The molecular formula is C16H24FNO. The van der Waals surface area contributed by atoms with Gasteiger partial charge in [0.15, 0.2) is 0 Å². The average molecular weight is 265 g/mol. The molecule has 1 aromatic carbocycles. The maximum atomic E-state index is 13.2. The van der Waals surface area contributed by atoms with Crippen molar-refractivity contribution in [2.75, 3.05) is 6.54 Å². The van der Waals surface area contributed by atoms with E-state index < -0.39 is 6.10 Å². The fourth-order valence-corrected chi connectivity index (χ4v) is 3.30. The number of hydrogen-bond acceptors (Lipinski definition) is 2.